The number of carbonyl (C=O) groups is 3. The molecule has 1 unspecified atom stereocenters. The number of fused-ring (bicyclic) bond motifs is 1. The summed E-state index contributed by atoms with van der Waals surface area (Å²) in [6.07, 6.45) is 6.14. The van der Waals surface area contributed by atoms with Gasteiger partial charge >= 0.3 is 5.97 Å². The highest BCUT2D eigenvalue weighted by Crippen LogP contribution is 2.34. The third-order valence-electron chi connectivity index (χ3n) is 6.73. The third kappa shape index (κ3) is 4.43. The first-order chi connectivity index (χ1) is 16.2. The molecular weight excluding hydrogens is 439 g/mol. The second-order valence-electron chi connectivity index (χ2n) is 9.30. The smallest absolute Gasteiger partial charge is 0.358 e. The molecule has 1 aliphatic heterocycles. The Balaban J connectivity index is 1.75. The lowest BCUT2D eigenvalue weighted by molar-refractivity contribution is -0.127. The van der Waals surface area contributed by atoms with Gasteiger partial charge in [-0.05, 0) is 51.3 Å². The monoisotopic (exact) mass is 470 g/mol. The summed E-state index contributed by atoms with van der Waals surface area (Å²) >= 11 is 0. The minimum absolute atomic E-state index is 0.00587. The number of amides is 2. The first-order valence-electron chi connectivity index (χ1n) is 11.9. The second kappa shape index (κ2) is 9.56. The molecule has 1 aliphatic carbocycles. The molecule has 1 aromatic carbocycles. The topological polar surface area (TPSA) is 93.5 Å². The Morgan fingerprint density at radius 2 is 1.91 bits per heavy atom. The molecule has 0 saturated heterocycles. The number of halogens is 1. The predicted octanol–water partition coefficient (Wildman–Crippen LogP) is 3.77. The molecule has 0 spiro atoms. The van der Waals surface area contributed by atoms with Crippen molar-refractivity contribution < 1.29 is 23.5 Å². The number of benzene rings is 1. The van der Waals surface area contributed by atoms with Crippen molar-refractivity contribution in [2.24, 2.45) is 0 Å². The molecule has 1 saturated carbocycles. The van der Waals surface area contributed by atoms with E-state index in [0.29, 0.717) is 5.56 Å². The van der Waals surface area contributed by atoms with Crippen molar-refractivity contribution in [3.63, 3.8) is 0 Å². The zero-order valence-electron chi connectivity index (χ0n) is 19.9. The van der Waals surface area contributed by atoms with Gasteiger partial charge in [0.15, 0.2) is 5.69 Å². The molecule has 34 heavy (non-hydrogen) atoms. The van der Waals surface area contributed by atoms with Gasteiger partial charge in [0.05, 0.1) is 13.2 Å². The highest BCUT2D eigenvalue weighted by molar-refractivity contribution is 6.12. The fraction of sp³-hybridized carbons (Fsp3) is 0.520. The van der Waals surface area contributed by atoms with E-state index in [9.17, 15) is 18.8 Å². The van der Waals surface area contributed by atoms with Gasteiger partial charge in [0.25, 0.3) is 5.91 Å². The number of hydrogen-bond donors (Lipinski definition) is 1. The molecule has 9 heteroatoms. The van der Waals surface area contributed by atoms with E-state index in [2.05, 4.69) is 10.4 Å². The van der Waals surface area contributed by atoms with E-state index in [1.54, 1.807) is 32.9 Å². The Bertz CT molecular complexity index is 1110. The standard InChI is InChI=1S/C25H31FN4O4/c1-4-34-23(32)20-14-21-22(31)30(18-12-11-16(2)19(26)13-18)25(3,15-29(21)28-20)24(33)27-17-9-7-5-6-8-10-17/h11-14,17H,4-10,15H2,1-3H3,(H,27,33). The van der Waals surface area contributed by atoms with Gasteiger partial charge in [-0.25, -0.2) is 9.18 Å². The molecule has 1 N–H and O–H groups in total. The predicted molar refractivity (Wildman–Crippen MR) is 124 cm³/mol. The van der Waals surface area contributed by atoms with Crippen LogP contribution in [0.15, 0.2) is 24.3 Å². The fourth-order valence-corrected chi connectivity index (χ4v) is 4.78. The Kier molecular flexibility index (Phi) is 6.72. The van der Waals surface area contributed by atoms with Crippen molar-refractivity contribution in [3.05, 3.63) is 47.0 Å². The Labute approximate surface area is 198 Å². The lowest BCUT2D eigenvalue weighted by Gasteiger charge is -2.43. The minimum atomic E-state index is -1.38. The van der Waals surface area contributed by atoms with E-state index in [1.165, 1.54) is 21.7 Å². The summed E-state index contributed by atoms with van der Waals surface area (Å²) in [5, 5.41) is 7.40. The highest BCUT2D eigenvalue weighted by atomic mass is 19.1. The van der Waals surface area contributed by atoms with Crippen LogP contribution >= 0.6 is 0 Å². The number of hydrogen-bond acceptors (Lipinski definition) is 5. The van der Waals surface area contributed by atoms with Gasteiger partial charge in [-0.15, -0.1) is 0 Å². The van der Waals surface area contributed by atoms with Crippen LogP contribution in [0.5, 0.6) is 0 Å². The number of carbonyl (C=O) groups excluding carboxylic acids is 3. The molecule has 2 heterocycles. The van der Waals surface area contributed by atoms with E-state index < -0.39 is 23.2 Å². The largest absolute Gasteiger partial charge is 0.461 e. The molecule has 0 radical (unpaired) electrons. The van der Waals surface area contributed by atoms with Crippen LogP contribution in [0.2, 0.25) is 0 Å². The lowest BCUT2D eigenvalue weighted by atomic mass is 9.93. The molecule has 182 valence electrons. The summed E-state index contributed by atoms with van der Waals surface area (Å²) in [4.78, 5) is 41.0. The second-order valence-corrected chi connectivity index (χ2v) is 9.30. The van der Waals surface area contributed by atoms with Crippen LogP contribution in [-0.2, 0) is 16.1 Å². The normalized spacial score (nSPS) is 21.1. The summed E-state index contributed by atoms with van der Waals surface area (Å²) < 4.78 is 20.9. The van der Waals surface area contributed by atoms with E-state index >= 15 is 0 Å². The fourth-order valence-electron chi connectivity index (χ4n) is 4.78. The zero-order valence-corrected chi connectivity index (χ0v) is 19.9. The first kappa shape index (κ1) is 23.9. The molecular formula is C25H31FN4O4. The van der Waals surface area contributed by atoms with Gasteiger partial charge in [-0.2, -0.15) is 5.10 Å². The Morgan fingerprint density at radius 1 is 1.21 bits per heavy atom. The van der Waals surface area contributed by atoms with Crippen molar-refractivity contribution in [3.8, 4) is 0 Å². The third-order valence-corrected chi connectivity index (χ3v) is 6.73. The molecule has 2 aliphatic rings. The number of esters is 1. The summed E-state index contributed by atoms with van der Waals surface area (Å²) in [5.74, 6) is -1.97. The van der Waals surface area contributed by atoms with Gasteiger partial charge in [0.2, 0.25) is 5.91 Å². The maximum atomic E-state index is 14.5. The average Bonchev–Trinajstić information content (AvgIpc) is 3.05. The molecule has 1 fully saturated rings. The molecule has 4 rings (SSSR count). The average molecular weight is 471 g/mol. The van der Waals surface area contributed by atoms with Crippen LogP contribution in [-0.4, -0.2) is 45.8 Å². The van der Waals surface area contributed by atoms with Gasteiger partial charge in [0, 0.05) is 17.8 Å². The number of ether oxygens (including phenoxy) is 1. The summed E-state index contributed by atoms with van der Waals surface area (Å²) in [6, 6.07) is 5.86. The van der Waals surface area contributed by atoms with Crippen LogP contribution in [0.25, 0.3) is 0 Å². The van der Waals surface area contributed by atoms with Crippen LogP contribution < -0.4 is 10.2 Å². The molecule has 2 amide bonds. The summed E-state index contributed by atoms with van der Waals surface area (Å²) in [5.41, 5.74) is -0.530. The number of nitrogens with one attached hydrogen (secondary N) is 1. The van der Waals surface area contributed by atoms with Crippen LogP contribution in [0.3, 0.4) is 0 Å². The summed E-state index contributed by atoms with van der Waals surface area (Å²) in [7, 11) is 0. The SMILES string of the molecule is CCOC(=O)c1cc2n(n1)CC(C)(C(=O)NC1CCCCCC1)N(c1ccc(C)c(F)c1)C2=O. The molecule has 1 atom stereocenters. The van der Waals surface area contributed by atoms with Crippen LogP contribution in [0, 0.1) is 12.7 Å². The Hall–Kier alpha value is -3.23. The summed E-state index contributed by atoms with van der Waals surface area (Å²) in [6.45, 7) is 5.16. The highest BCUT2D eigenvalue weighted by Gasteiger charge is 2.49. The van der Waals surface area contributed by atoms with Crippen LogP contribution in [0.4, 0.5) is 10.1 Å². The number of rotatable bonds is 5. The quantitative estimate of drug-likeness (QED) is 0.530. The van der Waals surface area contributed by atoms with Crippen molar-refractivity contribution in [1.82, 2.24) is 15.1 Å². The van der Waals surface area contributed by atoms with Crippen molar-refractivity contribution in [1.29, 1.82) is 0 Å². The first-order valence-corrected chi connectivity index (χ1v) is 11.9. The van der Waals surface area contributed by atoms with Gasteiger partial charge in [-0.1, -0.05) is 31.7 Å². The number of nitrogens with zero attached hydrogens (tertiary/aromatic N) is 3. The van der Waals surface area contributed by atoms with Crippen molar-refractivity contribution in [2.45, 2.75) is 77.4 Å². The van der Waals surface area contributed by atoms with E-state index in [4.69, 9.17) is 4.74 Å². The number of anilines is 1. The minimum Gasteiger partial charge on any atom is -0.461 e. The van der Waals surface area contributed by atoms with Gasteiger partial charge < -0.3 is 10.1 Å². The molecule has 8 nitrogen and oxygen atoms in total. The molecule has 2 aromatic rings. The van der Waals surface area contributed by atoms with Crippen molar-refractivity contribution >= 4 is 23.5 Å². The number of aryl methyl sites for hydroxylation is 1. The van der Waals surface area contributed by atoms with E-state index in [-0.39, 0.29) is 42.2 Å². The molecule has 1 aromatic heterocycles. The maximum absolute atomic E-state index is 14.5. The van der Waals surface area contributed by atoms with E-state index in [0.717, 1.165) is 38.5 Å². The Morgan fingerprint density at radius 3 is 2.56 bits per heavy atom. The molecule has 0 bridgehead atoms. The van der Waals surface area contributed by atoms with Gasteiger partial charge in [-0.3, -0.25) is 19.2 Å². The zero-order chi connectivity index (χ0) is 24.5. The van der Waals surface area contributed by atoms with E-state index in [1.807, 2.05) is 0 Å². The van der Waals surface area contributed by atoms with Crippen molar-refractivity contribution in [2.75, 3.05) is 11.5 Å². The van der Waals surface area contributed by atoms with Crippen LogP contribution in [0.1, 0.15) is 78.9 Å². The van der Waals surface area contributed by atoms with Gasteiger partial charge in [0.1, 0.15) is 17.1 Å². The number of aromatic nitrogens is 2. The maximum Gasteiger partial charge on any atom is 0.358 e. The lowest BCUT2D eigenvalue weighted by Crippen LogP contribution is -2.65.